The molecule has 1 amide bonds. The van der Waals surface area contributed by atoms with Crippen LogP contribution >= 0.6 is 0 Å². The fourth-order valence-corrected chi connectivity index (χ4v) is 4.12. The lowest BCUT2D eigenvalue weighted by atomic mass is 9.87. The summed E-state index contributed by atoms with van der Waals surface area (Å²) < 4.78 is 2.21. The summed E-state index contributed by atoms with van der Waals surface area (Å²) in [5.74, 6) is 2.68. The maximum absolute atomic E-state index is 12.4. The number of aromatic nitrogens is 3. The Morgan fingerprint density at radius 2 is 2.00 bits per heavy atom. The van der Waals surface area contributed by atoms with Crippen LogP contribution in [0, 0.1) is 5.92 Å². The van der Waals surface area contributed by atoms with Gasteiger partial charge in [-0.3, -0.25) is 4.79 Å². The molecule has 1 aromatic carbocycles. The van der Waals surface area contributed by atoms with E-state index < -0.39 is 0 Å². The van der Waals surface area contributed by atoms with Crippen LogP contribution in [0.3, 0.4) is 0 Å². The van der Waals surface area contributed by atoms with Gasteiger partial charge in [0.2, 0.25) is 5.91 Å². The molecule has 0 radical (unpaired) electrons. The van der Waals surface area contributed by atoms with Crippen LogP contribution in [0.5, 0.6) is 0 Å². The Kier molecular flexibility index (Phi) is 4.81. The predicted octanol–water partition coefficient (Wildman–Crippen LogP) is 4.19. The van der Waals surface area contributed by atoms with E-state index in [1.807, 2.05) is 24.3 Å². The molecule has 0 unspecified atom stereocenters. The largest absolute Gasteiger partial charge is 0.326 e. The molecule has 5 heteroatoms. The SMILES string of the molecule is O=C(CC1CCCCC1)Nc1cccc(-c2nnc3n2CCCC3)c1. The number of carbonyl (C=O) groups excluding carboxylic acids is 1. The fraction of sp³-hybridized carbons (Fsp3) is 0.550. The summed E-state index contributed by atoms with van der Waals surface area (Å²) in [4.78, 5) is 12.4. The van der Waals surface area contributed by atoms with E-state index in [1.165, 1.54) is 44.9 Å². The Morgan fingerprint density at radius 1 is 1.12 bits per heavy atom. The summed E-state index contributed by atoms with van der Waals surface area (Å²) >= 11 is 0. The van der Waals surface area contributed by atoms with Gasteiger partial charge in [0.05, 0.1) is 0 Å². The van der Waals surface area contributed by atoms with E-state index in [2.05, 4.69) is 20.1 Å². The molecule has 1 aromatic heterocycles. The zero-order chi connectivity index (χ0) is 17.1. The number of anilines is 1. The molecule has 4 rings (SSSR count). The maximum Gasteiger partial charge on any atom is 0.224 e. The van der Waals surface area contributed by atoms with Gasteiger partial charge in [0.15, 0.2) is 5.82 Å². The van der Waals surface area contributed by atoms with Crippen LogP contribution in [0.15, 0.2) is 24.3 Å². The minimum atomic E-state index is 0.132. The van der Waals surface area contributed by atoms with Crippen molar-refractivity contribution in [2.45, 2.75) is 64.3 Å². The zero-order valence-electron chi connectivity index (χ0n) is 14.7. The molecule has 0 saturated heterocycles. The molecule has 132 valence electrons. The van der Waals surface area contributed by atoms with Gasteiger partial charge in [0.1, 0.15) is 5.82 Å². The third-order valence-corrected chi connectivity index (χ3v) is 5.46. The molecule has 2 aromatic rings. The average molecular weight is 338 g/mol. The summed E-state index contributed by atoms with van der Waals surface area (Å²) in [7, 11) is 0. The number of nitrogens with one attached hydrogen (secondary N) is 1. The fourth-order valence-electron chi connectivity index (χ4n) is 4.12. The highest BCUT2D eigenvalue weighted by atomic mass is 16.1. The van der Waals surface area contributed by atoms with Gasteiger partial charge in [-0.05, 0) is 43.7 Å². The highest BCUT2D eigenvalue weighted by Gasteiger charge is 2.19. The third-order valence-electron chi connectivity index (χ3n) is 5.46. The number of benzene rings is 1. The molecule has 1 fully saturated rings. The Bertz CT molecular complexity index is 746. The first-order valence-corrected chi connectivity index (χ1v) is 9.62. The Morgan fingerprint density at radius 3 is 2.88 bits per heavy atom. The van der Waals surface area contributed by atoms with E-state index in [1.54, 1.807) is 0 Å². The molecule has 1 N–H and O–H groups in total. The van der Waals surface area contributed by atoms with Crippen molar-refractivity contribution in [3.05, 3.63) is 30.1 Å². The van der Waals surface area contributed by atoms with Crippen molar-refractivity contribution in [2.24, 2.45) is 5.92 Å². The molecule has 0 spiro atoms. The second kappa shape index (κ2) is 7.38. The maximum atomic E-state index is 12.4. The number of fused-ring (bicyclic) bond motifs is 1. The van der Waals surface area contributed by atoms with Crippen molar-refractivity contribution < 1.29 is 4.79 Å². The standard InChI is InChI=1S/C20H26N4O/c25-19(13-15-7-2-1-3-8-15)21-17-10-6-9-16(14-17)20-23-22-18-11-4-5-12-24(18)20/h6,9-10,14-15H,1-5,7-8,11-13H2,(H,21,25). The van der Waals surface area contributed by atoms with Gasteiger partial charge in [-0.15, -0.1) is 10.2 Å². The number of rotatable bonds is 4. The van der Waals surface area contributed by atoms with E-state index >= 15 is 0 Å². The normalized spacial score (nSPS) is 17.9. The topological polar surface area (TPSA) is 59.8 Å². The summed E-state index contributed by atoms with van der Waals surface area (Å²) in [5, 5.41) is 11.8. The monoisotopic (exact) mass is 338 g/mol. The summed E-state index contributed by atoms with van der Waals surface area (Å²) in [5.41, 5.74) is 1.88. The summed E-state index contributed by atoms with van der Waals surface area (Å²) in [6.07, 6.45) is 10.3. The van der Waals surface area contributed by atoms with E-state index in [-0.39, 0.29) is 5.91 Å². The van der Waals surface area contributed by atoms with E-state index in [0.29, 0.717) is 12.3 Å². The molecule has 2 heterocycles. The molecule has 0 bridgehead atoms. The van der Waals surface area contributed by atoms with Gasteiger partial charge < -0.3 is 9.88 Å². The average Bonchev–Trinajstić information content (AvgIpc) is 3.07. The minimum Gasteiger partial charge on any atom is -0.326 e. The summed E-state index contributed by atoms with van der Waals surface area (Å²) in [6, 6.07) is 8.00. The first kappa shape index (κ1) is 16.3. The zero-order valence-corrected chi connectivity index (χ0v) is 14.7. The van der Waals surface area contributed by atoms with Crippen molar-refractivity contribution >= 4 is 11.6 Å². The first-order valence-electron chi connectivity index (χ1n) is 9.62. The molecule has 0 atom stereocenters. The van der Waals surface area contributed by atoms with Crippen molar-refractivity contribution in [1.29, 1.82) is 0 Å². The second-order valence-electron chi connectivity index (χ2n) is 7.39. The van der Waals surface area contributed by atoms with Crippen molar-refractivity contribution in [2.75, 3.05) is 5.32 Å². The highest BCUT2D eigenvalue weighted by molar-refractivity contribution is 5.91. The molecule has 5 nitrogen and oxygen atoms in total. The molecular formula is C20H26N4O. The quantitative estimate of drug-likeness (QED) is 0.909. The van der Waals surface area contributed by atoms with E-state index in [0.717, 1.165) is 35.9 Å². The number of nitrogens with zero attached hydrogens (tertiary/aromatic N) is 3. The Labute approximate surface area is 148 Å². The number of carbonyl (C=O) groups is 1. The van der Waals surface area contributed by atoms with Gasteiger partial charge >= 0.3 is 0 Å². The minimum absolute atomic E-state index is 0.132. The van der Waals surface area contributed by atoms with Gasteiger partial charge in [0.25, 0.3) is 0 Å². The molecule has 2 aliphatic rings. The lowest BCUT2D eigenvalue weighted by Gasteiger charge is -2.20. The van der Waals surface area contributed by atoms with Crippen LogP contribution in [0.4, 0.5) is 5.69 Å². The number of hydrogen-bond acceptors (Lipinski definition) is 3. The number of amides is 1. The van der Waals surface area contributed by atoms with Crippen molar-refractivity contribution in [1.82, 2.24) is 14.8 Å². The van der Waals surface area contributed by atoms with Gasteiger partial charge in [-0.25, -0.2) is 0 Å². The van der Waals surface area contributed by atoms with Crippen LogP contribution in [0.2, 0.25) is 0 Å². The van der Waals surface area contributed by atoms with Crippen molar-refractivity contribution in [3.63, 3.8) is 0 Å². The van der Waals surface area contributed by atoms with Crippen LogP contribution in [0.25, 0.3) is 11.4 Å². The lowest BCUT2D eigenvalue weighted by Crippen LogP contribution is -2.18. The van der Waals surface area contributed by atoms with Crippen LogP contribution in [-0.2, 0) is 17.8 Å². The number of aryl methyl sites for hydroxylation is 1. The highest BCUT2D eigenvalue weighted by Crippen LogP contribution is 2.28. The third kappa shape index (κ3) is 3.75. The van der Waals surface area contributed by atoms with Gasteiger partial charge in [-0.1, -0.05) is 31.4 Å². The second-order valence-corrected chi connectivity index (χ2v) is 7.39. The molecule has 1 saturated carbocycles. The van der Waals surface area contributed by atoms with Gasteiger partial charge in [0, 0.05) is 30.6 Å². The van der Waals surface area contributed by atoms with E-state index in [4.69, 9.17) is 0 Å². The van der Waals surface area contributed by atoms with E-state index in [9.17, 15) is 4.79 Å². The van der Waals surface area contributed by atoms with Crippen LogP contribution in [-0.4, -0.2) is 20.7 Å². The Hall–Kier alpha value is -2.17. The van der Waals surface area contributed by atoms with Crippen molar-refractivity contribution in [3.8, 4) is 11.4 Å². The smallest absolute Gasteiger partial charge is 0.224 e. The Balaban J connectivity index is 1.46. The number of hydrogen-bond donors (Lipinski definition) is 1. The van der Waals surface area contributed by atoms with Crippen LogP contribution < -0.4 is 5.32 Å². The lowest BCUT2D eigenvalue weighted by molar-refractivity contribution is -0.117. The predicted molar refractivity (Wildman–Crippen MR) is 98.2 cm³/mol. The molecular weight excluding hydrogens is 312 g/mol. The summed E-state index contributed by atoms with van der Waals surface area (Å²) in [6.45, 7) is 0.982. The van der Waals surface area contributed by atoms with Crippen LogP contribution in [0.1, 0.15) is 57.2 Å². The molecule has 1 aliphatic heterocycles. The molecule has 25 heavy (non-hydrogen) atoms. The first-order chi connectivity index (χ1) is 12.3. The van der Waals surface area contributed by atoms with Gasteiger partial charge in [-0.2, -0.15) is 0 Å². The molecule has 1 aliphatic carbocycles.